The van der Waals surface area contributed by atoms with Crippen LogP contribution in [0.5, 0.6) is 0 Å². The molecule has 0 saturated carbocycles. The van der Waals surface area contributed by atoms with E-state index < -0.39 is 5.66 Å². The highest BCUT2D eigenvalue weighted by molar-refractivity contribution is 5.83. The van der Waals surface area contributed by atoms with Gasteiger partial charge in [-0.05, 0) is 27.1 Å². The monoisotopic (exact) mass is 195 g/mol. The summed E-state index contributed by atoms with van der Waals surface area (Å²) in [5.41, 5.74) is 4.66. The van der Waals surface area contributed by atoms with Crippen LogP contribution in [0.3, 0.4) is 0 Å². The van der Waals surface area contributed by atoms with E-state index in [-0.39, 0.29) is 5.91 Å². The summed E-state index contributed by atoms with van der Waals surface area (Å²) in [4.78, 5) is 15.2. The van der Waals surface area contributed by atoms with Crippen LogP contribution in [0, 0.1) is 0 Å². The molecule has 0 aromatic carbocycles. The molecule has 0 bridgehead atoms. The highest BCUT2D eigenvalue weighted by atomic mass is 16.2. The average molecular weight is 195 g/mol. The lowest BCUT2D eigenvalue weighted by atomic mass is 10.1. The van der Waals surface area contributed by atoms with Crippen LogP contribution in [0.4, 0.5) is 0 Å². The molecular formula is C10H17N3O. The van der Waals surface area contributed by atoms with E-state index in [1.54, 1.807) is 0 Å². The molecule has 0 saturated heterocycles. The minimum atomic E-state index is -0.763. The predicted molar refractivity (Wildman–Crippen MR) is 56.3 cm³/mol. The molecule has 0 spiro atoms. The lowest BCUT2D eigenvalue weighted by Gasteiger charge is -2.43. The molecule has 4 heteroatoms. The first-order valence-electron chi connectivity index (χ1n) is 4.57. The summed E-state index contributed by atoms with van der Waals surface area (Å²) in [6, 6.07) is 0. The molecule has 0 aliphatic carbocycles. The summed E-state index contributed by atoms with van der Waals surface area (Å²) in [6.45, 7) is 2.52. The van der Waals surface area contributed by atoms with Gasteiger partial charge in [0.05, 0.1) is 0 Å². The van der Waals surface area contributed by atoms with Gasteiger partial charge >= 0.3 is 0 Å². The van der Waals surface area contributed by atoms with E-state index in [0.29, 0.717) is 6.54 Å². The maximum absolute atomic E-state index is 11.4. The maximum Gasteiger partial charge on any atom is 0.258 e. The third-order valence-electron chi connectivity index (χ3n) is 2.71. The van der Waals surface area contributed by atoms with Gasteiger partial charge in [0, 0.05) is 12.7 Å². The maximum atomic E-state index is 11.4. The molecule has 4 nitrogen and oxygen atoms in total. The van der Waals surface area contributed by atoms with Crippen molar-refractivity contribution in [1.29, 1.82) is 0 Å². The van der Waals surface area contributed by atoms with Gasteiger partial charge in [0.2, 0.25) is 0 Å². The lowest BCUT2D eigenvalue weighted by molar-refractivity contribution is -0.136. The van der Waals surface area contributed by atoms with Gasteiger partial charge in [-0.25, -0.2) is 0 Å². The van der Waals surface area contributed by atoms with Gasteiger partial charge in [0.1, 0.15) is 0 Å². The van der Waals surface area contributed by atoms with Crippen LogP contribution in [0.2, 0.25) is 0 Å². The number of nitrogens with zero attached hydrogens (tertiary/aromatic N) is 2. The SMILES string of the molecule is CN(C)C(C)(C(N)=O)N1C=CC=CC1. The van der Waals surface area contributed by atoms with E-state index >= 15 is 0 Å². The molecule has 1 rings (SSSR count). The normalized spacial score (nSPS) is 19.9. The number of carbonyl (C=O) groups excluding carboxylic acids is 1. The Hall–Kier alpha value is -1.29. The minimum absolute atomic E-state index is 0.345. The number of rotatable bonds is 3. The Morgan fingerprint density at radius 2 is 2.14 bits per heavy atom. The van der Waals surface area contributed by atoms with E-state index in [0.717, 1.165) is 0 Å². The summed E-state index contributed by atoms with van der Waals surface area (Å²) in [5.74, 6) is -0.345. The summed E-state index contributed by atoms with van der Waals surface area (Å²) in [5, 5.41) is 0. The first-order valence-corrected chi connectivity index (χ1v) is 4.57. The molecule has 0 aromatic heterocycles. The Balaban J connectivity index is 2.93. The molecule has 78 valence electrons. The zero-order chi connectivity index (χ0) is 10.8. The van der Waals surface area contributed by atoms with Crippen LogP contribution in [-0.2, 0) is 4.79 Å². The summed E-state index contributed by atoms with van der Waals surface area (Å²) < 4.78 is 0. The molecule has 14 heavy (non-hydrogen) atoms. The zero-order valence-corrected chi connectivity index (χ0v) is 8.90. The van der Waals surface area contributed by atoms with Crippen molar-refractivity contribution in [3.8, 4) is 0 Å². The van der Waals surface area contributed by atoms with Crippen molar-refractivity contribution in [2.75, 3.05) is 20.6 Å². The Bertz CT molecular complexity index is 283. The van der Waals surface area contributed by atoms with Crippen LogP contribution in [0.25, 0.3) is 0 Å². The first-order chi connectivity index (χ1) is 6.49. The Morgan fingerprint density at radius 1 is 1.50 bits per heavy atom. The molecule has 1 unspecified atom stereocenters. The number of primary amides is 1. The van der Waals surface area contributed by atoms with Crippen LogP contribution >= 0.6 is 0 Å². The molecule has 1 aliphatic heterocycles. The first kappa shape index (κ1) is 10.8. The fourth-order valence-electron chi connectivity index (χ4n) is 1.41. The van der Waals surface area contributed by atoms with Gasteiger partial charge in [-0.1, -0.05) is 12.2 Å². The smallest absolute Gasteiger partial charge is 0.258 e. The number of nitrogens with two attached hydrogens (primary N) is 1. The summed E-state index contributed by atoms with van der Waals surface area (Å²) >= 11 is 0. The Labute approximate surface area is 84.7 Å². The standard InChI is InChI=1S/C10H17N3O/c1-10(9(11)14,12(2)3)13-7-5-4-6-8-13/h4-7H,8H2,1-3H3,(H2,11,14). The molecule has 1 atom stereocenters. The van der Waals surface area contributed by atoms with Gasteiger partial charge in [-0.3, -0.25) is 9.69 Å². The average Bonchev–Trinajstić information content (AvgIpc) is 2.17. The lowest BCUT2D eigenvalue weighted by Crippen LogP contribution is -2.62. The molecular weight excluding hydrogens is 178 g/mol. The van der Waals surface area contributed by atoms with Crippen LogP contribution in [0.1, 0.15) is 6.92 Å². The summed E-state index contributed by atoms with van der Waals surface area (Å²) in [7, 11) is 3.69. The van der Waals surface area contributed by atoms with Gasteiger partial charge in [0.25, 0.3) is 5.91 Å². The van der Waals surface area contributed by atoms with Crippen molar-refractivity contribution >= 4 is 5.91 Å². The molecule has 1 heterocycles. The van der Waals surface area contributed by atoms with E-state index in [1.165, 1.54) is 0 Å². The highest BCUT2D eigenvalue weighted by Gasteiger charge is 2.38. The molecule has 0 fully saturated rings. The number of allylic oxidation sites excluding steroid dienone is 2. The Morgan fingerprint density at radius 3 is 2.50 bits per heavy atom. The largest absolute Gasteiger partial charge is 0.366 e. The Kier molecular flexibility index (Phi) is 2.96. The molecule has 0 aromatic rings. The van der Waals surface area contributed by atoms with Crippen molar-refractivity contribution in [2.24, 2.45) is 5.73 Å². The van der Waals surface area contributed by atoms with E-state index in [2.05, 4.69) is 0 Å². The third kappa shape index (κ3) is 1.65. The fraction of sp³-hybridized carbons (Fsp3) is 0.500. The van der Waals surface area contributed by atoms with E-state index in [9.17, 15) is 4.79 Å². The van der Waals surface area contributed by atoms with Crippen LogP contribution in [0.15, 0.2) is 24.4 Å². The van der Waals surface area contributed by atoms with Gasteiger partial charge in [-0.2, -0.15) is 0 Å². The minimum Gasteiger partial charge on any atom is -0.366 e. The van der Waals surface area contributed by atoms with Crippen molar-refractivity contribution in [3.63, 3.8) is 0 Å². The van der Waals surface area contributed by atoms with Crippen LogP contribution < -0.4 is 5.73 Å². The van der Waals surface area contributed by atoms with Crippen molar-refractivity contribution < 1.29 is 4.79 Å². The van der Waals surface area contributed by atoms with Crippen LogP contribution in [-0.4, -0.2) is 42.0 Å². The third-order valence-corrected chi connectivity index (χ3v) is 2.71. The number of amides is 1. The number of likely N-dealkylation sites (N-methyl/N-ethyl adjacent to an activating group) is 1. The van der Waals surface area contributed by atoms with Crippen molar-refractivity contribution in [2.45, 2.75) is 12.6 Å². The van der Waals surface area contributed by atoms with E-state index in [1.807, 2.05) is 55.2 Å². The van der Waals surface area contributed by atoms with E-state index in [4.69, 9.17) is 5.73 Å². The fourth-order valence-corrected chi connectivity index (χ4v) is 1.41. The number of carbonyl (C=O) groups is 1. The molecule has 1 amide bonds. The second-order valence-electron chi connectivity index (χ2n) is 3.70. The molecule has 2 N–H and O–H groups in total. The van der Waals surface area contributed by atoms with Gasteiger partial charge in [0.15, 0.2) is 5.66 Å². The zero-order valence-electron chi connectivity index (χ0n) is 8.90. The van der Waals surface area contributed by atoms with Crippen molar-refractivity contribution in [1.82, 2.24) is 9.80 Å². The number of hydrogen-bond donors (Lipinski definition) is 1. The predicted octanol–water partition coefficient (Wildman–Crippen LogP) is 0.135. The quantitative estimate of drug-likeness (QED) is 0.696. The topological polar surface area (TPSA) is 49.6 Å². The second-order valence-corrected chi connectivity index (χ2v) is 3.70. The molecule has 0 radical (unpaired) electrons. The van der Waals surface area contributed by atoms with Gasteiger partial charge in [-0.15, -0.1) is 0 Å². The second kappa shape index (κ2) is 3.84. The van der Waals surface area contributed by atoms with Crippen molar-refractivity contribution in [3.05, 3.63) is 24.4 Å². The molecule has 1 aliphatic rings. The number of hydrogen-bond acceptors (Lipinski definition) is 3. The van der Waals surface area contributed by atoms with Gasteiger partial charge < -0.3 is 10.6 Å². The summed E-state index contributed by atoms with van der Waals surface area (Å²) in [6.07, 6.45) is 7.72. The highest BCUT2D eigenvalue weighted by Crippen LogP contribution is 2.19.